The van der Waals surface area contributed by atoms with Gasteiger partial charge in [-0.15, -0.1) is 0 Å². The van der Waals surface area contributed by atoms with Gasteiger partial charge in [-0.2, -0.15) is 5.10 Å². The number of aromatic amines is 1. The average Bonchev–Trinajstić information content (AvgIpc) is 2.93. The van der Waals surface area contributed by atoms with Gasteiger partial charge in [-0.05, 0) is 62.7 Å². The van der Waals surface area contributed by atoms with Crippen LogP contribution >= 0.6 is 0 Å². The Morgan fingerprint density at radius 1 is 1.26 bits per heavy atom. The Morgan fingerprint density at radius 2 is 1.91 bits per heavy atom. The number of hydrogen-bond acceptors (Lipinski definition) is 3. The summed E-state index contributed by atoms with van der Waals surface area (Å²) < 4.78 is 0. The van der Waals surface area contributed by atoms with Crippen LogP contribution in [0.2, 0.25) is 0 Å². The third-order valence-electron chi connectivity index (χ3n) is 6.59. The van der Waals surface area contributed by atoms with Crippen molar-refractivity contribution in [3.05, 3.63) is 17.5 Å². The highest BCUT2D eigenvalue weighted by atomic mass is 16.2. The maximum absolute atomic E-state index is 12.1. The van der Waals surface area contributed by atoms with Gasteiger partial charge in [-0.25, -0.2) is 4.79 Å². The molecule has 0 radical (unpaired) electrons. The van der Waals surface area contributed by atoms with Crippen LogP contribution in [0.3, 0.4) is 0 Å². The lowest BCUT2D eigenvalue weighted by Crippen LogP contribution is -2.67. The first kappa shape index (κ1) is 15.0. The van der Waals surface area contributed by atoms with E-state index >= 15 is 0 Å². The Morgan fingerprint density at radius 3 is 2.48 bits per heavy atom. The molecule has 1 aromatic rings. The van der Waals surface area contributed by atoms with Crippen LogP contribution in [0, 0.1) is 30.6 Å². The van der Waals surface area contributed by atoms with Crippen LogP contribution in [0.25, 0.3) is 0 Å². The molecule has 6 heteroatoms. The molecular weight excluding hydrogens is 290 g/mol. The summed E-state index contributed by atoms with van der Waals surface area (Å²) in [5.74, 6) is 2.98. The number of nitrogens with zero attached hydrogens (tertiary/aromatic N) is 1. The summed E-state index contributed by atoms with van der Waals surface area (Å²) in [5, 5.41) is 12.8. The minimum Gasteiger partial charge on any atom is -0.336 e. The molecule has 1 heterocycles. The molecule has 5 N–H and O–H groups in total. The number of rotatable bonds is 4. The van der Waals surface area contributed by atoms with Gasteiger partial charge >= 0.3 is 6.03 Å². The summed E-state index contributed by atoms with van der Waals surface area (Å²) in [6.45, 7) is 3.03. The Hall–Kier alpha value is -1.56. The van der Waals surface area contributed by atoms with Crippen LogP contribution in [0.5, 0.6) is 0 Å². The van der Waals surface area contributed by atoms with Crippen LogP contribution in [0.1, 0.15) is 43.4 Å². The highest BCUT2D eigenvalue weighted by molar-refractivity contribution is 5.74. The first-order valence-corrected chi connectivity index (χ1v) is 8.84. The van der Waals surface area contributed by atoms with Crippen LogP contribution < -0.4 is 16.4 Å². The van der Waals surface area contributed by atoms with Gasteiger partial charge in [0.1, 0.15) is 0 Å². The molecule has 23 heavy (non-hydrogen) atoms. The number of hydrogen-bond donors (Lipinski definition) is 4. The topological polar surface area (TPSA) is 95.8 Å². The molecule has 0 atom stereocenters. The Labute approximate surface area is 137 Å². The molecule has 126 valence electrons. The standard InChI is InChI=1S/C17H27N5O/c1-10-13(8-21-22-10)7-19-16(23)20-9-17(18)14-3-11-2-12(5-14)6-15(17)4-11/h8,11-12,14-15H,2-7,9,18H2,1H3,(H,21,22)(H2,19,20,23). The van der Waals surface area contributed by atoms with E-state index in [1.807, 2.05) is 6.92 Å². The molecule has 6 nitrogen and oxygen atoms in total. The lowest BCUT2D eigenvalue weighted by Gasteiger charge is -2.59. The Bertz CT molecular complexity index is 568. The summed E-state index contributed by atoms with van der Waals surface area (Å²) in [5.41, 5.74) is 8.60. The largest absolute Gasteiger partial charge is 0.336 e. The number of carbonyl (C=O) groups is 1. The predicted octanol–water partition coefficient (Wildman–Crippen LogP) is 1.67. The molecule has 4 aliphatic carbocycles. The minimum absolute atomic E-state index is 0.135. The van der Waals surface area contributed by atoms with E-state index in [2.05, 4.69) is 20.8 Å². The lowest BCUT2D eigenvalue weighted by atomic mass is 9.49. The van der Waals surface area contributed by atoms with E-state index in [0.717, 1.165) is 23.1 Å². The molecule has 2 amide bonds. The summed E-state index contributed by atoms with van der Waals surface area (Å²) in [6.07, 6.45) is 8.23. The van der Waals surface area contributed by atoms with Crippen molar-refractivity contribution in [2.24, 2.45) is 29.4 Å². The van der Waals surface area contributed by atoms with E-state index in [1.165, 1.54) is 32.1 Å². The second kappa shape index (κ2) is 5.51. The number of amides is 2. The predicted molar refractivity (Wildman–Crippen MR) is 87.5 cm³/mol. The molecule has 4 aliphatic rings. The number of nitrogens with one attached hydrogen (secondary N) is 3. The fraction of sp³-hybridized carbons (Fsp3) is 0.765. The first-order valence-electron chi connectivity index (χ1n) is 8.84. The van der Waals surface area contributed by atoms with Crippen LogP contribution in [-0.2, 0) is 6.54 Å². The van der Waals surface area contributed by atoms with Gasteiger partial charge in [-0.1, -0.05) is 0 Å². The summed E-state index contributed by atoms with van der Waals surface area (Å²) in [6, 6.07) is -0.135. The number of urea groups is 1. The molecule has 4 bridgehead atoms. The highest BCUT2D eigenvalue weighted by Gasteiger charge is 2.55. The second-order valence-electron chi connectivity index (χ2n) is 7.97. The summed E-state index contributed by atoms with van der Waals surface area (Å²) in [4.78, 5) is 12.1. The molecule has 5 rings (SSSR count). The number of H-pyrrole nitrogens is 1. The fourth-order valence-corrected chi connectivity index (χ4v) is 5.38. The number of carbonyl (C=O) groups excluding carboxylic acids is 1. The Kier molecular flexibility index (Phi) is 3.59. The zero-order chi connectivity index (χ0) is 16.0. The van der Waals surface area contributed by atoms with Gasteiger partial charge in [0.25, 0.3) is 0 Å². The maximum Gasteiger partial charge on any atom is 0.315 e. The van der Waals surface area contributed by atoms with Gasteiger partial charge in [0.15, 0.2) is 0 Å². The molecule has 0 aliphatic heterocycles. The lowest BCUT2D eigenvalue weighted by molar-refractivity contribution is -0.0529. The van der Waals surface area contributed by atoms with Crippen molar-refractivity contribution < 1.29 is 4.79 Å². The van der Waals surface area contributed by atoms with E-state index in [1.54, 1.807) is 6.20 Å². The third kappa shape index (κ3) is 2.63. The summed E-state index contributed by atoms with van der Waals surface area (Å²) >= 11 is 0. The van der Waals surface area contributed by atoms with Gasteiger partial charge in [0, 0.05) is 29.9 Å². The van der Waals surface area contributed by atoms with Crippen LogP contribution in [0.4, 0.5) is 4.79 Å². The maximum atomic E-state index is 12.1. The van der Waals surface area contributed by atoms with Crippen molar-refractivity contribution in [3.8, 4) is 0 Å². The molecule has 1 aromatic heterocycles. The second-order valence-corrected chi connectivity index (χ2v) is 7.97. The number of aryl methyl sites for hydroxylation is 1. The monoisotopic (exact) mass is 317 g/mol. The van der Waals surface area contributed by atoms with E-state index in [-0.39, 0.29) is 11.6 Å². The smallest absolute Gasteiger partial charge is 0.315 e. The zero-order valence-electron chi connectivity index (χ0n) is 13.8. The quantitative estimate of drug-likeness (QED) is 0.680. The van der Waals surface area contributed by atoms with Crippen molar-refractivity contribution in [2.75, 3.05) is 6.54 Å². The Balaban J connectivity index is 1.32. The molecule has 4 fully saturated rings. The minimum atomic E-state index is -0.198. The molecule has 0 spiro atoms. The van der Waals surface area contributed by atoms with Crippen molar-refractivity contribution in [1.29, 1.82) is 0 Å². The number of nitrogens with two attached hydrogens (primary N) is 1. The summed E-state index contributed by atoms with van der Waals surface area (Å²) in [7, 11) is 0. The SMILES string of the molecule is Cc1[nH]ncc1CNC(=O)NCC1(N)C2CC3CC(C2)CC1C3. The van der Waals surface area contributed by atoms with Crippen LogP contribution in [-0.4, -0.2) is 28.3 Å². The van der Waals surface area contributed by atoms with Crippen molar-refractivity contribution in [2.45, 2.75) is 51.1 Å². The normalized spacial score (nSPS) is 37.8. The molecule has 0 unspecified atom stereocenters. The van der Waals surface area contributed by atoms with Crippen molar-refractivity contribution in [3.63, 3.8) is 0 Å². The first-order chi connectivity index (χ1) is 11.0. The number of aromatic nitrogens is 2. The highest BCUT2D eigenvalue weighted by Crippen LogP contribution is 2.57. The van der Waals surface area contributed by atoms with Gasteiger partial charge in [0.2, 0.25) is 0 Å². The van der Waals surface area contributed by atoms with E-state index in [9.17, 15) is 4.79 Å². The van der Waals surface area contributed by atoms with E-state index < -0.39 is 0 Å². The van der Waals surface area contributed by atoms with Crippen molar-refractivity contribution >= 4 is 6.03 Å². The van der Waals surface area contributed by atoms with Gasteiger partial charge in [0.05, 0.1) is 6.20 Å². The average molecular weight is 317 g/mol. The molecular formula is C17H27N5O. The molecule has 4 saturated carbocycles. The zero-order valence-corrected chi connectivity index (χ0v) is 13.8. The van der Waals surface area contributed by atoms with Crippen molar-refractivity contribution in [1.82, 2.24) is 20.8 Å². The molecule has 0 saturated heterocycles. The fourth-order valence-electron chi connectivity index (χ4n) is 5.38. The van der Waals surface area contributed by atoms with E-state index in [0.29, 0.717) is 24.9 Å². The van der Waals surface area contributed by atoms with Gasteiger partial charge < -0.3 is 16.4 Å². The third-order valence-corrected chi connectivity index (χ3v) is 6.59. The van der Waals surface area contributed by atoms with E-state index in [4.69, 9.17) is 5.73 Å². The van der Waals surface area contributed by atoms with Crippen LogP contribution in [0.15, 0.2) is 6.20 Å². The van der Waals surface area contributed by atoms with Gasteiger partial charge in [-0.3, -0.25) is 5.10 Å². The molecule has 0 aromatic carbocycles.